The number of hydrogen-bond donors (Lipinski definition) is 1. The fraction of sp³-hybridized carbons (Fsp3) is 0.382. The van der Waals surface area contributed by atoms with Gasteiger partial charge in [0.25, 0.3) is 5.56 Å². The van der Waals surface area contributed by atoms with E-state index in [1.165, 1.54) is 37.5 Å². The summed E-state index contributed by atoms with van der Waals surface area (Å²) in [5, 5.41) is 10.4. The van der Waals surface area contributed by atoms with Crippen LogP contribution in [0.1, 0.15) is 62.5 Å². The molecule has 0 radical (unpaired) electrons. The van der Waals surface area contributed by atoms with Crippen molar-refractivity contribution in [2.45, 2.75) is 71.0 Å². The number of halogens is 1. The Morgan fingerprint density at radius 3 is 2.48 bits per heavy atom. The number of benzene rings is 3. The van der Waals surface area contributed by atoms with Gasteiger partial charge < -0.3 is 14.9 Å². The molecule has 0 bridgehead atoms. The molecule has 1 fully saturated rings. The predicted octanol–water partition coefficient (Wildman–Crippen LogP) is 5.93. The Hall–Kier alpha value is -4.04. The number of aromatic hydroxyl groups is 1. The first-order valence-electron chi connectivity index (χ1n) is 14.7. The van der Waals surface area contributed by atoms with Crippen molar-refractivity contribution in [3.8, 4) is 11.4 Å². The van der Waals surface area contributed by atoms with Gasteiger partial charge in [-0.05, 0) is 101 Å². The third-order valence-corrected chi connectivity index (χ3v) is 8.78. The number of carbonyl (C=O) groups is 1. The van der Waals surface area contributed by atoms with Gasteiger partial charge in [-0.1, -0.05) is 30.7 Å². The molecule has 1 aliphatic rings. The molecule has 1 aromatic heterocycles. The van der Waals surface area contributed by atoms with E-state index >= 15 is 0 Å². The van der Waals surface area contributed by atoms with Crippen molar-refractivity contribution in [3.05, 3.63) is 99.9 Å². The maximum absolute atomic E-state index is 14.0. The molecule has 2 atom stereocenters. The second-order valence-electron chi connectivity index (χ2n) is 11.6. The van der Waals surface area contributed by atoms with Crippen LogP contribution in [0.2, 0.25) is 0 Å². The molecule has 5 rings (SSSR count). The number of carbonyl (C=O) groups excluding carboxylic acids is 1. The second kappa shape index (κ2) is 12.4. The maximum Gasteiger partial charge on any atom is 0.266 e. The summed E-state index contributed by atoms with van der Waals surface area (Å²) in [5.74, 6) is 0.105. The van der Waals surface area contributed by atoms with Crippen molar-refractivity contribution in [1.29, 1.82) is 0 Å². The van der Waals surface area contributed by atoms with Crippen molar-refractivity contribution in [2.75, 3.05) is 13.6 Å². The summed E-state index contributed by atoms with van der Waals surface area (Å²) in [6.45, 7) is 6.25. The average molecular weight is 571 g/mol. The monoisotopic (exact) mass is 570 g/mol. The third kappa shape index (κ3) is 6.09. The smallest absolute Gasteiger partial charge is 0.266 e. The first kappa shape index (κ1) is 29.5. The van der Waals surface area contributed by atoms with Gasteiger partial charge in [-0.3, -0.25) is 14.2 Å². The van der Waals surface area contributed by atoms with E-state index in [4.69, 9.17) is 4.98 Å². The van der Waals surface area contributed by atoms with Gasteiger partial charge >= 0.3 is 0 Å². The van der Waals surface area contributed by atoms with Gasteiger partial charge in [0.15, 0.2) is 0 Å². The molecule has 4 aromatic rings. The molecular weight excluding hydrogens is 531 g/mol. The molecule has 1 saturated carbocycles. The highest BCUT2D eigenvalue weighted by Gasteiger charge is 2.30. The van der Waals surface area contributed by atoms with Gasteiger partial charge in [-0.25, -0.2) is 9.37 Å². The number of para-hydroxylation sites is 1. The third-order valence-electron chi connectivity index (χ3n) is 8.78. The standard InChI is InChI=1S/C34H39FN4O3/c1-22-20-25(12-17-30(22)35)21-32(41)38(19-18-23(2)37(4)26-8-7-9-26)24(3)33-36-31-11-6-5-10-29(31)34(42)39(33)27-13-15-28(40)16-14-27/h5-6,10-17,20,23-24,26,40H,7-9,18-19,21H2,1-4H3. The summed E-state index contributed by atoms with van der Waals surface area (Å²) in [5.41, 5.74) is 2.09. The summed E-state index contributed by atoms with van der Waals surface area (Å²) in [7, 11) is 2.15. The minimum Gasteiger partial charge on any atom is -0.508 e. The normalized spacial score (nSPS) is 15.0. The Kier molecular flexibility index (Phi) is 8.73. The Bertz CT molecular complexity index is 1630. The number of amides is 1. The van der Waals surface area contributed by atoms with E-state index in [-0.39, 0.29) is 35.5 Å². The van der Waals surface area contributed by atoms with Gasteiger partial charge in [0.2, 0.25) is 5.91 Å². The van der Waals surface area contributed by atoms with Crippen LogP contribution in [0.4, 0.5) is 4.39 Å². The molecule has 2 unspecified atom stereocenters. The number of phenols is 1. The highest BCUT2D eigenvalue weighted by molar-refractivity contribution is 5.80. The first-order chi connectivity index (χ1) is 20.1. The number of aryl methyl sites for hydroxylation is 1. The number of phenolic OH excluding ortho intramolecular Hbond substituents is 1. The average Bonchev–Trinajstić information content (AvgIpc) is 2.94. The first-order valence-corrected chi connectivity index (χ1v) is 14.7. The Morgan fingerprint density at radius 1 is 1.10 bits per heavy atom. The second-order valence-corrected chi connectivity index (χ2v) is 11.6. The van der Waals surface area contributed by atoms with E-state index in [0.717, 1.165) is 12.0 Å². The molecule has 1 heterocycles. The SMILES string of the molecule is Cc1cc(CC(=O)N(CCC(C)N(C)C2CCC2)C(C)c2nc3ccccc3c(=O)n2-c2ccc(O)cc2)ccc1F. The number of rotatable bonds is 10. The van der Waals surface area contributed by atoms with Gasteiger partial charge in [-0.2, -0.15) is 0 Å². The van der Waals surface area contributed by atoms with E-state index in [2.05, 4.69) is 18.9 Å². The summed E-state index contributed by atoms with van der Waals surface area (Å²) in [4.78, 5) is 37.0. The van der Waals surface area contributed by atoms with E-state index in [1.54, 1.807) is 58.9 Å². The largest absolute Gasteiger partial charge is 0.508 e. The lowest BCUT2D eigenvalue weighted by Gasteiger charge is -2.40. The Labute approximate surface area is 246 Å². The highest BCUT2D eigenvalue weighted by Crippen LogP contribution is 2.28. The number of hydrogen-bond acceptors (Lipinski definition) is 5. The van der Waals surface area contributed by atoms with Crippen LogP contribution < -0.4 is 5.56 Å². The molecule has 0 aliphatic heterocycles. The lowest BCUT2D eigenvalue weighted by atomic mass is 9.90. The van der Waals surface area contributed by atoms with Crippen LogP contribution in [-0.4, -0.2) is 56.0 Å². The van der Waals surface area contributed by atoms with Gasteiger partial charge in [-0.15, -0.1) is 0 Å². The quantitative estimate of drug-likeness (QED) is 0.256. The molecular formula is C34H39FN4O3. The van der Waals surface area contributed by atoms with Crippen LogP contribution in [0.3, 0.4) is 0 Å². The van der Waals surface area contributed by atoms with Crippen LogP contribution >= 0.6 is 0 Å². The van der Waals surface area contributed by atoms with Crippen LogP contribution in [0, 0.1) is 12.7 Å². The molecule has 1 aliphatic carbocycles. The summed E-state index contributed by atoms with van der Waals surface area (Å²) >= 11 is 0. The van der Waals surface area contributed by atoms with Crippen molar-refractivity contribution in [2.24, 2.45) is 0 Å². The molecule has 0 saturated heterocycles. The molecule has 1 N–H and O–H groups in total. The Balaban J connectivity index is 1.54. The van der Waals surface area contributed by atoms with Crippen LogP contribution in [-0.2, 0) is 11.2 Å². The van der Waals surface area contributed by atoms with Crippen LogP contribution in [0.25, 0.3) is 16.6 Å². The summed E-state index contributed by atoms with van der Waals surface area (Å²) in [6.07, 6.45) is 4.51. The zero-order valence-electron chi connectivity index (χ0n) is 24.8. The topological polar surface area (TPSA) is 78.7 Å². The highest BCUT2D eigenvalue weighted by atomic mass is 19.1. The lowest BCUT2D eigenvalue weighted by Crippen LogP contribution is -2.45. The molecule has 0 spiro atoms. The fourth-order valence-corrected chi connectivity index (χ4v) is 5.73. The molecule has 7 nitrogen and oxygen atoms in total. The molecule has 3 aromatic carbocycles. The zero-order chi connectivity index (χ0) is 30.0. The van der Waals surface area contributed by atoms with Crippen LogP contribution in [0.15, 0.2) is 71.5 Å². The molecule has 8 heteroatoms. The molecule has 42 heavy (non-hydrogen) atoms. The number of aromatic nitrogens is 2. The minimum atomic E-state index is -0.550. The fourth-order valence-electron chi connectivity index (χ4n) is 5.73. The van der Waals surface area contributed by atoms with Crippen molar-refractivity contribution in [3.63, 3.8) is 0 Å². The molecule has 1 amide bonds. The zero-order valence-corrected chi connectivity index (χ0v) is 24.8. The summed E-state index contributed by atoms with van der Waals surface area (Å²) in [6, 6.07) is 18.6. The summed E-state index contributed by atoms with van der Waals surface area (Å²) < 4.78 is 15.5. The van der Waals surface area contributed by atoms with E-state index in [0.29, 0.717) is 40.6 Å². The number of nitrogens with zero attached hydrogens (tertiary/aromatic N) is 4. The Morgan fingerprint density at radius 2 is 1.81 bits per heavy atom. The van der Waals surface area contributed by atoms with Crippen molar-refractivity contribution >= 4 is 16.8 Å². The van der Waals surface area contributed by atoms with Gasteiger partial charge in [0.1, 0.15) is 17.4 Å². The molecule has 220 valence electrons. The van der Waals surface area contributed by atoms with E-state index in [1.807, 2.05) is 13.0 Å². The maximum atomic E-state index is 14.0. The number of fused-ring (bicyclic) bond motifs is 1. The van der Waals surface area contributed by atoms with Crippen molar-refractivity contribution < 1.29 is 14.3 Å². The minimum absolute atomic E-state index is 0.0890. The van der Waals surface area contributed by atoms with Gasteiger partial charge in [0.05, 0.1) is 29.1 Å². The lowest BCUT2D eigenvalue weighted by molar-refractivity contribution is -0.133. The van der Waals surface area contributed by atoms with Crippen molar-refractivity contribution in [1.82, 2.24) is 19.4 Å². The van der Waals surface area contributed by atoms with E-state index in [9.17, 15) is 19.1 Å². The predicted molar refractivity (Wildman–Crippen MR) is 163 cm³/mol. The van der Waals surface area contributed by atoms with E-state index < -0.39 is 6.04 Å². The van der Waals surface area contributed by atoms with Gasteiger partial charge in [0, 0.05) is 18.6 Å². The van der Waals surface area contributed by atoms with Crippen LogP contribution in [0.5, 0.6) is 5.75 Å².